The number of rotatable bonds is 6. The van der Waals surface area contributed by atoms with E-state index in [9.17, 15) is 26.3 Å². The Morgan fingerprint density at radius 1 is 1.03 bits per heavy atom. The molecule has 0 N–H and O–H groups in total. The first kappa shape index (κ1) is 25.2. The van der Waals surface area contributed by atoms with E-state index in [0.29, 0.717) is 31.7 Å². The summed E-state index contributed by atoms with van der Waals surface area (Å²) in [5, 5.41) is 4.15. The Balaban J connectivity index is 1.64. The maximum absolute atomic E-state index is 13.3. The second-order valence-corrected chi connectivity index (χ2v) is 8.46. The zero-order valence-corrected chi connectivity index (χ0v) is 18.6. The number of hydrogen-bond acceptors (Lipinski definition) is 4. The molecule has 0 bridgehead atoms. The van der Waals surface area contributed by atoms with Crippen LogP contribution >= 0.6 is 0 Å². The number of nitrogens with zero attached hydrogens (tertiary/aromatic N) is 3. The molecule has 1 saturated heterocycles. The normalized spacial score (nSPS) is 22.2. The molecule has 11 heteroatoms. The first-order valence-electron chi connectivity index (χ1n) is 11.0. The molecule has 2 heterocycles. The van der Waals surface area contributed by atoms with Crippen LogP contribution in [0, 0.1) is 5.92 Å². The van der Waals surface area contributed by atoms with Gasteiger partial charge in [-0.2, -0.15) is 31.4 Å². The van der Waals surface area contributed by atoms with Gasteiger partial charge in [0.2, 0.25) is 0 Å². The number of halogens is 6. The van der Waals surface area contributed by atoms with Gasteiger partial charge >= 0.3 is 12.4 Å². The highest BCUT2D eigenvalue weighted by molar-refractivity contribution is 5.34. The Kier molecular flexibility index (Phi) is 7.18. The van der Waals surface area contributed by atoms with Crippen LogP contribution in [0.2, 0.25) is 0 Å². The van der Waals surface area contributed by atoms with Crippen LogP contribution in [0.1, 0.15) is 47.6 Å². The van der Waals surface area contributed by atoms with Crippen LogP contribution in [0.15, 0.2) is 61.2 Å². The van der Waals surface area contributed by atoms with Crippen molar-refractivity contribution in [3.63, 3.8) is 0 Å². The lowest BCUT2D eigenvalue weighted by Crippen LogP contribution is -2.39. The molecule has 0 saturated carbocycles. The molecule has 188 valence electrons. The van der Waals surface area contributed by atoms with E-state index in [1.54, 1.807) is 11.0 Å². The van der Waals surface area contributed by atoms with E-state index in [1.807, 2.05) is 30.3 Å². The molecule has 0 aliphatic carbocycles. The van der Waals surface area contributed by atoms with Gasteiger partial charge in [0.1, 0.15) is 12.7 Å². The molecule has 0 radical (unpaired) electrons. The summed E-state index contributed by atoms with van der Waals surface area (Å²) in [6.07, 6.45) is -8.21. The molecular weight excluding hydrogens is 476 g/mol. The zero-order chi connectivity index (χ0) is 25.2. The van der Waals surface area contributed by atoms with Gasteiger partial charge in [0.25, 0.3) is 0 Å². The molecule has 0 spiro atoms. The number of aromatic nitrogens is 3. The smallest absolute Gasteiger partial charge is 0.352 e. The number of hydrogen-bond donors (Lipinski definition) is 0. The fourth-order valence-corrected chi connectivity index (χ4v) is 4.34. The van der Waals surface area contributed by atoms with E-state index < -0.39 is 35.9 Å². The van der Waals surface area contributed by atoms with Gasteiger partial charge in [0, 0.05) is 12.5 Å². The van der Waals surface area contributed by atoms with E-state index >= 15 is 0 Å². The Labute approximate surface area is 197 Å². The van der Waals surface area contributed by atoms with Gasteiger partial charge in [-0.1, -0.05) is 30.3 Å². The minimum Gasteiger partial charge on any atom is -0.352 e. The molecule has 1 aliphatic rings. The lowest BCUT2D eigenvalue weighted by atomic mass is 9.81. The highest BCUT2D eigenvalue weighted by Gasteiger charge is 2.40. The quantitative estimate of drug-likeness (QED) is 0.377. The molecule has 5 nitrogen and oxygen atoms in total. The molecule has 0 amide bonds. The van der Waals surface area contributed by atoms with Crippen LogP contribution < -0.4 is 0 Å². The van der Waals surface area contributed by atoms with Gasteiger partial charge in [-0.15, -0.1) is 0 Å². The van der Waals surface area contributed by atoms with Crippen LogP contribution in [0.3, 0.4) is 0 Å². The summed E-state index contributed by atoms with van der Waals surface area (Å²) in [7, 11) is 0. The average molecular weight is 499 g/mol. The number of alkyl halides is 6. The minimum absolute atomic E-state index is 0.0164. The highest BCUT2D eigenvalue weighted by atomic mass is 19.4. The summed E-state index contributed by atoms with van der Waals surface area (Å²) < 4.78 is 93.5. The Morgan fingerprint density at radius 3 is 2.26 bits per heavy atom. The van der Waals surface area contributed by atoms with Gasteiger partial charge in [-0.05, 0) is 48.6 Å². The van der Waals surface area contributed by atoms with Crippen LogP contribution in [0.5, 0.6) is 0 Å². The highest BCUT2D eigenvalue weighted by Crippen LogP contribution is 2.41. The van der Waals surface area contributed by atoms with E-state index in [-0.39, 0.29) is 23.5 Å². The maximum atomic E-state index is 13.3. The molecule has 1 aliphatic heterocycles. The third kappa shape index (κ3) is 6.02. The van der Waals surface area contributed by atoms with E-state index in [2.05, 4.69) is 10.1 Å². The van der Waals surface area contributed by atoms with Crippen molar-refractivity contribution in [2.45, 2.75) is 50.6 Å². The topological polar surface area (TPSA) is 49.2 Å². The summed E-state index contributed by atoms with van der Waals surface area (Å²) in [4.78, 5) is 3.95. The predicted molar refractivity (Wildman–Crippen MR) is 113 cm³/mol. The van der Waals surface area contributed by atoms with Gasteiger partial charge in [-0.3, -0.25) is 4.68 Å². The molecule has 1 fully saturated rings. The fraction of sp³-hybridized carbons (Fsp3) is 0.417. The van der Waals surface area contributed by atoms with Crippen molar-refractivity contribution in [3.05, 3.63) is 83.4 Å². The van der Waals surface area contributed by atoms with Crippen molar-refractivity contribution >= 4 is 0 Å². The van der Waals surface area contributed by atoms with Crippen molar-refractivity contribution in [1.29, 1.82) is 0 Å². The van der Waals surface area contributed by atoms with Gasteiger partial charge < -0.3 is 9.47 Å². The van der Waals surface area contributed by atoms with E-state index in [4.69, 9.17) is 9.47 Å². The van der Waals surface area contributed by atoms with Crippen molar-refractivity contribution in [2.24, 2.45) is 5.92 Å². The van der Waals surface area contributed by atoms with Gasteiger partial charge in [0.15, 0.2) is 6.29 Å². The molecule has 1 aromatic heterocycles. The molecular formula is C24H23F6N3O2. The van der Waals surface area contributed by atoms with Crippen molar-refractivity contribution in [3.8, 4) is 0 Å². The standard InChI is InChI=1S/C24H23F6N3O2/c1-15(18-9-19(23(25,26)27)11-20(10-18)24(28,29)30)35-22-21(16-5-3-2-4-6-16)17(7-8-34-22)12-33-14-31-13-32-33/h2-6,9-11,13-15,17,21-22H,7-8,12H2,1H3/t15-,17-,21-,22-/m1/s1. The predicted octanol–water partition coefficient (Wildman–Crippen LogP) is 6.24. The lowest BCUT2D eigenvalue weighted by Gasteiger charge is -2.39. The summed E-state index contributed by atoms with van der Waals surface area (Å²) in [6.45, 7) is 2.23. The Morgan fingerprint density at radius 2 is 1.69 bits per heavy atom. The molecule has 2 aromatic carbocycles. The molecule has 35 heavy (non-hydrogen) atoms. The molecule has 3 aromatic rings. The number of ether oxygens (including phenoxy) is 2. The van der Waals surface area contributed by atoms with E-state index in [1.165, 1.54) is 13.3 Å². The zero-order valence-electron chi connectivity index (χ0n) is 18.6. The number of benzene rings is 2. The van der Waals surface area contributed by atoms with Crippen molar-refractivity contribution < 1.29 is 35.8 Å². The van der Waals surface area contributed by atoms with Gasteiger partial charge in [0.05, 0.1) is 23.8 Å². The Hall–Kier alpha value is -2.92. The summed E-state index contributed by atoms with van der Waals surface area (Å²) in [5.41, 5.74) is -2.12. The monoisotopic (exact) mass is 499 g/mol. The maximum Gasteiger partial charge on any atom is 0.416 e. The van der Waals surface area contributed by atoms with Gasteiger partial charge in [-0.25, -0.2) is 4.98 Å². The Bertz CT molecular complexity index is 1070. The SMILES string of the molecule is C[C@@H](O[C@H]1OCC[C@H](Cn2cncn2)[C@H]1c1ccccc1)c1cc(C(F)(F)F)cc(C(F)(F)F)c1. The minimum atomic E-state index is -4.94. The fourth-order valence-electron chi connectivity index (χ4n) is 4.34. The van der Waals surface area contributed by atoms with E-state index in [0.717, 1.165) is 5.56 Å². The summed E-state index contributed by atoms with van der Waals surface area (Å²) >= 11 is 0. The van der Waals surface area contributed by atoms with Crippen LogP contribution in [-0.4, -0.2) is 27.7 Å². The van der Waals surface area contributed by atoms with Crippen molar-refractivity contribution in [2.75, 3.05) is 6.61 Å². The van der Waals surface area contributed by atoms with Crippen LogP contribution in [0.4, 0.5) is 26.3 Å². The summed E-state index contributed by atoms with van der Waals surface area (Å²) in [5.74, 6) is -0.346. The third-order valence-corrected chi connectivity index (χ3v) is 6.06. The van der Waals surface area contributed by atoms with Crippen LogP contribution in [-0.2, 0) is 28.4 Å². The second kappa shape index (κ2) is 9.98. The second-order valence-electron chi connectivity index (χ2n) is 8.46. The molecule has 4 atom stereocenters. The lowest BCUT2D eigenvalue weighted by molar-refractivity contribution is -0.210. The largest absolute Gasteiger partial charge is 0.416 e. The average Bonchev–Trinajstić information content (AvgIpc) is 3.31. The molecule has 4 rings (SSSR count). The van der Waals surface area contributed by atoms with Crippen LogP contribution in [0.25, 0.3) is 0 Å². The first-order valence-corrected chi connectivity index (χ1v) is 11.0. The third-order valence-electron chi connectivity index (χ3n) is 6.06. The first-order chi connectivity index (χ1) is 16.5. The van der Waals surface area contributed by atoms with Crippen molar-refractivity contribution in [1.82, 2.24) is 14.8 Å². The summed E-state index contributed by atoms with van der Waals surface area (Å²) in [6, 6.07) is 10.8. The molecule has 0 unspecified atom stereocenters.